The molecule has 6 nitrogen and oxygen atoms in total. The van der Waals surface area contributed by atoms with Crippen LogP contribution in [-0.4, -0.2) is 16.9 Å². The van der Waals surface area contributed by atoms with Crippen LogP contribution in [0.1, 0.15) is 27.0 Å². The number of anilines is 1. The number of carbonyl (C=O) groups is 2. The Bertz CT molecular complexity index is 1160. The second-order valence-electron chi connectivity index (χ2n) is 7.26. The zero-order valence-electron chi connectivity index (χ0n) is 16.6. The van der Waals surface area contributed by atoms with Gasteiger partial charge in [0.2, 0.25) is 0 Å². The maximum atomic E-state index is 12.6. The quantitative estimate of drug-likeness (QED) is 0.396. The summed E-state index contributed by atoms with van der Waals surface area (Å²) in [7, 11) is 0. The van der Waals surface area contributed by atoms with Gasteiger partial charge in [-0.15, -0.1) is 0 Å². The number of hydrazine groups is 1. The number of phenols is 1. The SMILES string of the molecule is Cc1cc(C)cc(-c2cccc3c2/C(=C/NNC(=O)c2ccc(O)cc2)C(=O)N3)c1. The maximum absolute atomic E-state index is 12.6. The molecule has 0 saturated carbocycles. The lowest BCUT2D eigenvalue weighted by Gasteiger charge is -2.11. The van der Waals surface area contributed by atoms with Crippen molar-refractivity contribution >= 4 is 23.1 Å². The first-order chi connectivity index (χ1) is 14.4. The van der Waals surface area contributed by atoms with Crippen LogP contribution in [0.4, 0.5) is 5.69 Å². The fourth-order valence-electron chi connectivity index (χ4n) is 3.62. The molecule has 4 rings (SSSR count). The van der Waals surface area contributed by atoms with Crippen LogP contribution in [0.2, 0.25) is 0 Å². The summed E-state index contributed by atoms with van der Waals surface area (Å²) < 4.78 is 0. The van der Waals surface area contributed by atoms with E-state index in [-0.39, 0.29) is 17.6 Å². The highest BCUT2D eigenvalue weighted by Gasteiger charge is 2.27. The van der Waals surface area contributed by atoms with Crippen molar-refractivity contribution in [1.29, 1.82) is 0 Å². The van der Waals surface area contributed by atoms with Gasteiger partial charge in [-0.25, -0.2) is 0 Å². The molecule has 0 bridgehead atoms. The lowest BCUT2D eigenvalue weighted by atomic mass is 9.93. The third kappa shape index (κ3) is 3.75. The average molecular weight is 399 g/mol. The second-order valence-corrected chi connectivity index (χ2v) is 7.26. The third-order valence-electron chi connectivity index (χ3n) is 4.89. The van der Waals surface area contributed by atoms with E-state index in [0.717, 1.165) is 33.5 Å². The van der Waals surface area contributed by atoms with E-state index < -0.39 is 0 Å². The molecule has 3 aromatic carbocycles. The molecule has 0 fully saturated rings. The number of amides is 2. The van der Waals surface area contributed by atoms with Crippen molar-refractivity contribution in [1.82, 2.24) is 10.9 Å². The summed E-state index contributed by atoms with van der Waals surface area (Å²) in [5, 5.41) is 12.2. The fraction of sp³-hybridized carbons (Fsp3) is 0.0833. The minimum atomic E-state index is -0.381. The van der Waals surface area contributed by atoms with Crippen LogP contribution in [0.5, 0.6) is 5.75 Å². The highest BCUT2D eigenvalue weighted by molar-refractivity contribution is 6.33. The number of benzene rings is 3. The lowest BCUT2D eigenvalue weighted by Crippen LogP contribution is -2.34. The largest absolute Gasteiger partial charge is 0.508 e. The molecular weight excluding hydrogens is 378 g/mol. The number of aryl methyl sites for hydroxylation is 2. The number of phenolic OH excluding ortho intramolecular Hbond substituents is 1. The zero-order chi connectivity index (χ0) is 21.3. The third-order valence-corrected chi connectivity index (χ3v) is 4.89. The Morgan fingerprint density at radius 3 is 2.40 bits per heavy atom. The smallest absolute Gasteiger partial charge is 0.269 e. The van der Waals surface area contributed by atoms with Crippen molar-refractivity contribution in [2.45, 2.75) is 13.8 Å². The molecule has 0 atom stereocenters. The van der Waals surface area contributed by atoms with Crippen LogP contribution in [0.25, 0.3) is 16.7 Å². The minimum Gasteiger partial charge on any atom is -0.508 e. The molecule has 1 heterocycles. The summed E-state index contributed by atoms with van der Waals surface area (Å²) in [4.78, 5) is 24.8. The summed E-state index contributed by atoms with van der Waals surface area (Å²) in [6.07, 6.45) is 1.49. The molecule has 150 valence electrons. The van der Waals surface area contributed by atoms with Crippen molar-refractivity contribution in [3.05, 3.63) is 89.1 Å². The van der Waals surface area contributed by atoms with Gasteiger partial charge in [-0.2, -0.15) is 0 Å². The Labute approximate surface area is 174 Å². The highest BCUT2D eigenvalue weighted by atomic mass is 16.3. The van der Waals surface area contributed by atoms with Crippen LogP contribution in [0.15, 0.2) is 66.9 Å². The van der Waals surface area contributed by atoms with E-state index in [1.165, 1.54) is 30.5 Å². The Kier molecular flexibility index (Phi) is 4.98. The molecule has 0 unspecified atom stereocenters. The maximum Gasteiger partial charge on any atom is 0.269 e. The van der Waals surface area contributed by atoms with E-state index in [9.17, 15) is 14.7 Å². The Balaban J connectivity index is 1.63. The van der Waals surface area contributed by atoms with Gasteiger partial charge in [0.15, 0.2) is 0 Å². The Morgan fingerprint density at radius 2 is 1.70 bits per heavy atom. The number of rotatable bonds is 4. The monoisotopic (exact) mass is 399 g/mol. The number of nitrogens with one attached hydrogen (secondary N) is 3. The predicted molar refractivity (Wildman–Crippen MR) is 117 cm³/mol. The predicted octanol–water partition coefficient (Wildman–Crippen LogP) is 3.90. The van der Waals surface area contributed by atoms with E-state index in [1.807, 2.05) is 32.0 Å². The molecule has 0 saturated heterocycles. The van der Waals surface area contributed by atoms with Crippen molar-refractivity contribution in [2.75, 3.05) is 5.32 Å². The molecule has 0 aliphatic carbocycles. The molecule has 4 N–H and O–H groups in total. The van der Waals surface area contributed by atoms with Gasteiger partial charge in [0.1, 0.15) is 5.75 Å². The zero-order valence-corrected chi connectivity index (χ0v) is 16.6. The van der Waals surface area contributed by atoms with Crippen LogP contribution >= 0.6 is 0 Å². The van der Waals surface area contributed by atoms with Gasteiger partial charge in [-0.1, -0.05) is 41.5 Å². The van der Waals surface area contributed by atoms with Crippen molar-refractivity contribution in [2.24, 2.45) is 0 Å². The highest BCUT2D eigenvalue weighted by Crippen LogP contribution is 2.39. The Hall–Kier alpha value is -4.06. The number of aromatic hydroxyl groups is 1. The minimum absolute atomic E-state index is 0.0831. The standard InChI is InChI=1S/C24H21N3O3/c1-14-10-15(2)12-17(11-14)19-4-3-5-21-22(19)20(24(30)26-21)13-25-27-23(29)16-6-8-18(28)9-7-16/h3-13,25,28H,1-2H3,(H,26,30)(H,27,29)/b20-13-. The van der Waals surface area contributed by atoms with E-state index in [4.69, 9.17) is 0 Å². The van der Waals surface area contributed by atoms with Crippen LogP contribution in [0.3, 0.4) is 0 Å². The van der Waals surface area contributed by atoms with E-state index in [1.54, 1.807) is 0 Å². The molecule has 0 radical (unpaired) electrons. The van der Waals surface area contributed by atoms with Gasteiger partial charge in [-0.05, 0) is 55.3 Å². The summed E-state index contributed by atoms with van der Waals surface area (Å²) in [6, 6.07) is 17.9. The van der Waals surface area contributed by atoms with Crippen molar-refractivity contribution in [3.63, 3.8) is 0 Å². The molecule has 6 heteroatoms. The van der Waals surface area contributed by atoms with Crippen LogP contribution < -0.4 is 16.2 Å². The molecule has 3 aromatic rings. The van der Waals surface area contributed by atoms with Gasteiger partial charge in [-0.3, -0.25) is 15.0 Å². The molecule has 0 spiro atoms. The van der Waals surface area contributed by atoms with Crippen LogP contribution in [0, 0.1) is 13.8 Å². The summed E-state index contributed by atoms with van der Waals surface area (Å²) >= 11 is 0. The summed E-state index contributed by atoms with van der Waals surface area (Å²) in [5.41, 5.74) is 11.9. The first kappa shape index (κ1) is 19.3. The first-order valence-electron chi connectivity index (χ1n) is 9.51. The topological polar surface area (TPSA) is 90.5 Å². The summed E-state index contributed by atoms with van der Waals surface area (Å²) in [6.45, 7) is 4.08. The second kappa shape index (κ2) is 7.75. The molecule has 1 aliphatic rings. The molecule has 1 aliphatic heterocycles. The number of hydrogen-bond acceptors (Lipinski definition) is 4. The van der Waals surface area contributed by atoms with Gasteiger partial charge in [0.25, 0.3) is 11.8 Å². The first-order valence-corrected chi connectivity index (χ1v) is 9.51. The van der Waals surface area contributed by atoms with Gasteiger partial charge in [0, 0.05) is 23.0 Å². The molecule has 30 heavy (non-hydrogen) atoms. The molecule has 0 aromatic heterocycles. The van der Waals surface area contributed by atoms with E-state index in [2.05, 4.69) is 34.4 Å². The van der Waals surface area contributed by atoms with Gasteiger partial charge >= 0.3 is 0 Å². The Morgan fingerprint density at radius 1 is 1.00 bits per heavy atom. The molecular formula is C24H21N3O3. The fourth-order valence-corrected chi connectivity index (χ4v) is 3.62. The van der Waals surface area contributed by atoms with Crippen molar-refractivity contribution < 1.29 is 14.7 Å². The number of hydrogen-bond donors (Lipinski definition) is 4. The average Bonchev–Trinajstić information content (AvgIpc) is 3.03. The van der Waals surface area contributed by atoms with Gasteiger partial charge < -0.3 is 15.8 Å². The normalized spacial score (nSPS) is 13.7. The van der Waals surface area contributed by atoms with Crippen molar-refractivity contribution in [3.8, 4) is 16.9 Å². The number of carbonyl (C=O) groups excluding carboxylic acids is 2. The lowest BCUT2D eigenvalue weighted by molar-refractivity contribution is -0.110. The van der Waals surface area contributed by atoms with E-state index in [0.29, 0.717) is 11.1 Å². The number of fused-ring (bicyclic) bond motifs is 1. The summed E-state index contributed by atoms with van der Waals surface area (Å²) in [5.74, 6) is -0.541. The van der Waals surface area contributed by atoms with Gasteiger partial charge in [0.05, 0.1) is 5.57 Å². The van der Waals surface area contributed by atoms with Crippen LogP contribution in [-0.2, 0) is 4.79 Å². The molecule has 2 amide bonds. The van der Waals surface area contributed by atoms with E-state index >= 15 is 0 Å².